The lowest BCUT2D eigenvalue weighted by molar-refractivity contribution is -0.132. The maximum absolute atomic E-state index is 13.3. The first-order valence-electron chi connectivity index (χ1n) is 10.1. The van der Waals surface area contributed by atoms with E-state index in [4.69, 9.17) is 4.42 Å². The van der Waals surface area contributed by atoms with Gasteiger partial charge in [-0.2, -0.15) is 0 Å². The minimum atomic E-state index is -4.22. The Bertz CT molecular complexity index is 1220. The van der Waals surface area contributed by atoms with E-state index >= 15 is 0 Å². The Balaban J connectivity index is 1.53. The normalized spacial score (nSPS) is 15.2. The van der Waals surface area contributed by atoms with Crippen molar-refractivity contribution in [1.29, 1.82) is 0 Å². The number of nitrogens with zero attached hydrogens (tertiary/aromatic N) is 2. The second-order valence-corrected chi connectivity index (χ2v) is 10.3. The van der Waals surface area contributed by atoms with Gasteiger partial charge in [-0.05, 0) is 35.7 Å². The molecule has 2 aromatic heterocycles. The van der Waals surface area contributed by atoms with Gasteiger partial charge in [-0.15, -0.1) is 11.3 Å². The molecule has 0 aliphatic carbocycles. The molecular formula is C22H21N3O6S2. The molecule has 0 bridgehead atoms. The molecule has 11 heteroatoms. The molecule has 1 aromatic carbocycles. The summed E-state index contributed by atoms with van der Waals surface area (Å²) in [7, 11) is -4.22. The molecule has 1 fully saturated rings. The van der Waals surface area contributed by atoms with E-state index in [1.165, 1.54) is 28.2 Å². The highest BCUT2D eigenvalue weighted by Gasteiger charge is 2.39. The number of benzene rings is 1. The van der Waals surface area contributed by atoms with Crippen LogP contribution in [-0.4, -0.2) is 67.5 Å². The largest absolute Gasteiger partial charge is 0.459 e. The molecule has 0 spiro atoms. The molecule has 3 amide bonds. The van der Waals surface area contributed by atoms with Crippen molar-refractivity contribution in [3.8, 4) is 0 Å². The third-order valence-electron chi connectivity index (χ3n) is 5.22. The van der Waals surface area contributed by atoms with Gasteiger partial charge in [0.15, 0.2) is 5.76 Å². The van der Waals surface area contributed by atoms with Crippen LogP contribution in [0.4, 0.5) is 0 Å². The molecule has 1 N–H and O–H groups in total. The number of furan rings is 1. The van der Waals surface area contributed by atoms with Crippen LogP contribution in [0.1, 0.15) is 20.2 Å². The Kier molecular flexibility index (Phi) is 6.61. The van der Waals surface area contributed by atoms with Gasteiger partial charge in [0.05, 0.1) is 16.0 Å². The van der Waals surface area contributed by atoms with Crippen LogP contribution in [0.25, 0.3) is 0 Å². The van der Waals surface area contributed by atoms with Crippen molar-refractivity contribution < 1.29 is 27.2 Å². The highest BCUT2D eigenvalue weighted by atomic mass is 32.2. The maximum Gasteiger partial charge on any atom is 0.289 e. The fourth-order valence-corrected chi connectivity index (χ4v) is 5.58. The van der Waals surface area contributed by atoms with Crippen molar-refractivity contribution >= 4 is 38.9 Å². The van der Waals surface area contributed by atoms with E-state index in [0.717, 1.165) is 11.3 Å². The summed E-state index contributed by atoms with van der Waals surface area (Å²) in [5, 5.41) is 2.31. The fourth-order valence-electron chi connectivity index (χ4n) is 3.47. The predicted octanol–water partition coefficient (Wildman–Crippen LogP) is 1.86. The van der Waals surface area contributed by atoms with Crippen molar-refractivity contribution in [3.05, 3.63) is 76.9 Å². The molecule has 3 aromatic rings. The minimum absolute atomic E-state index is 0.0681. The molecule has 1 aliphatic rings. The molecule has 172 valence electrons. The van der Waals surface area contributed by atoms with Crippen LogP contribution >= 0.6 is 11.3 Å². The SMILES string of the molecule is O=C(NC(C(=O)N1CCN(C(=O)c2ccco2)CC1)S(=O)(=O)c1ccccc1)c1cccs1. The maximum atomic E-state index is 13.3. The van der Waals surface area contributed by atoms with Gasteiger partial charge in [0.25, 0.3) is 17.7 Å². The zero-order valence-electron chi connectivity index (χ0n) is 17.4. The van der Waals surface area contributed by atoms with Gasteiger partial charge in [-0.1, -0.05) is 24.3 Å². The summed E-state index contributed by atoms with van der Waals surface area (Å²) in [5.74, 6) is -1.49. The average molecular weight is 488 g/mol. The monoisotopic (exact) mass is 487 g/mol. The summed E-state index contributed by atoms with van der Waals surface area (Å²) in [5.41, 5.74) is 0. The number of carbonyl (C=O) groups is 3. The summed E-state index contributed by atoms with van der Waals surface area (Å²) in [4.78, 5) is 41.6. The van der Waals surface area contributed by atoms with Crippen LogP contribution in [0.15, 0.2) is 75.6 Å². The number of sulfone groups is 1. The topological polar surface area (TPSA) is 117 Å². The van der Waals surface area contributed by atoms with Crippen LogP contribution in [0.5, 0.6) is 0 Å². The van der Waals surface area contributed by atoms with E-state index in [1.807, 2.05) is 0 Å². The van der Waals surface area contributed by atoms with Gasteiger partial charge in [0.2, 0.25) is 15.2 Å². The number of thiophene rings is 1. The van der Waals surface area contributed by atoms with E-state index in [2.05, 4.69) is 5.32 Å². The van der Waals surface area contributed by atoms with Gasteiger partial charge in [-0.3, -0.25) is 14.4 Å². The van der Waals surface area contributed by atoms with Crippen LogP contribution in [-0.2, 0) is 14.6 Å². The summed E-state index contributed by atoms with van der Waals surface area (Å²) in [6.45, 7) is 0.673. The van der Waals surface area contributed by atoms with Crippen LogP contribution < -0.4 is 5.32 Å². The van der Waals surface area contributed by atoms with E-state index in [0.29, 0.717) is 4.88 Å². The lowest BCUT2D eigenvalue weighted by atomic mass is 10.2. The predicted molar refractivity (Wildman–Crippen MR) is 120 cm³/mol. The summed E-state index contributed by atoms with van der Waals surface area (Å²) in [6.07, 6.45) is 1.41. The molecule has 4 rings (SSSR count). The third-order valence-corrected chi connectivity index (χ3v) is 7.96. The lowest BCUT2D eigenvalue weighted by Gasteiger charge is -2.36. The Morgan fingerprint density at radius 2 is 1.61 bits per heavy atom. The highest BCUT2D eigenvalue weighted by Crippen LogP contribution is 2.19. The molecule has 0 radical (unpaired) electrons. The van der Waals surface area contributed by atoms with E-state index in [-0.39, 0.29) is 42.7 Å². The number of piperazine rings is 1. The first-order chi connectivity index (χ1) is 15.9. The second kappa shape index (κ2) is 9.59. The zero-order valence-corrected chi connectivity index (χ0v) is 19.1. The molecule has 33 heavy (non-hydrogen) atoms. The molecule has 3 heterocycles. The first kappa shape index (κ1) is 22.7. The summed E-state index contributed by atoms with van der Waals surface area (Å²) in [6, 6.07) is 13.9. The minimum Gasteiger partial charge on any atom is -0.459 e. The Labute approximate surface area is 194 Å². The number of hydrogen-bond acceptors (Lipinski definition) is 7. The molecule has 1 atom stereocenters. The average Bonchev–Trinajstić information content (AvgIpc) is 3.57. The quantitative estimate of drug-likeness (QED) is 0.567. The number of rotatable bonds is 6. The molecule has 9 nitrogen and oxygen atoms in total. The summed E-state index contributed by atoms with van der Waals surface area (Å²) >= 11 is 1.14. The standard InChI is InChI=1S/C22H21N3O6S2/c26-19(18-9-5-15-32-18)23-20(33(29,30)16-6-2-1-3-7-16)22(28)25-12-10-24(11-13-25)21(27)17-8-4-14-31-17/h1-9,14-15,20H,10-13H2,(H,23,26). The number of nitrogens with one attached hydrogen (secondary N) is 1. The third kappa shape index (κ3) is 4.83. The zero-order chi connectivity index (χ0) is 23.4. The lowest BCUT2D eigenvalue weighted by Crippen LogP contribution is -2.57. The van der Waals surface area contributed by atoms with Gasteiger partial charge in [0, 0.05) is 26.2 Å². The Morgan fingerprint density at radius 1 is 0.909 bits per heavy atom. The van der Waals surface area contributed by atoms with Crippen molar-refractivity contribution in [2.45, 2.75) is 10.3 Å². The smallest absolute Gasteiger partial charge is 0.289 e. The van der Waals surface area contributed by atoms with Crippen LogP contribution in [0, 0.1) is 0 Å². The number of hydrogen-bond donors (Lipinski definition) is 1. The van der Waals surface area contributed by atoms with Gasteiger partial charge in [-0.25, -0.2) is 8.42 Å². The second-order valence-electron chi connectivity index (χ2n) is 7.28. The molecule has 0 saturated carbocycles. The Hall–Kier alpha value is -3.44. The van der Waals surface area contributed by atoms with Gasteiger partial charge >= 0.3 is 0 Å². The number of carbonyl (C=O) groups excluding carboxylic acids is 3. The summed E-state index contributed by atoms with van der Waals surface area (Å²) < 4.78 is 31.8. The van der Waals surface area contributed by atoms with Crippen LogP contribution in [0.3, 0.4) is 0 Å². The van der Waals surface area contributed by atoms with Gasteiger partial charge in [0.1, 0.15) is 0 Å². The molecule has 1 saturated heterocycles. The van der Waals surface area contributed by atoms with E-state index in [1.54, 1.807) is 47.8 Å². The molecule has 1 unspecified atom stereocenters. The Morgan fingerprint density at radius 3 is 2.21 bits per heavy atom. The number of amides is 3. The van der Waals surface area contributed by atoms with Crippen LogP contribution in [0.2, 0.25) is 0 Å². The fraction of sp³-hybridized carbons (Fsp3) is 0.227. The van der Waals surface area contributed by atoms with Gasteiger partial charge < -0.3 is 19.5 Å². The first-order valence-corrected chi connectivity index (χ1v) is 12.6. The van der Waals surface area contributed by atoms with E-state index < -0.39 is 27.0 Å². The van der Waals surface area contributed by atoms with Crippen molar-refractivity contribution in [1.82, 2.24) is 15.1 Å². The van der Waals surface area contributed by atoms with Crippen molar-refractivity contribution in [3.63, 3.8) is 0 Å². The van der Waals surface area contributed by atoms with E-state index in [9.17, 15) is 22.8 Å². The molecule has 1 aliphatic heterocycles. The van der Waals surface area contributed by atoms with Crippen molar-refractivity contribution in [2.24, 2.45) is 0 Å². The molecular weight excluding hydrogens is 466 g/mol. The van der Waals surface area contributed by atoms with Crippen molar-refractivity contribution in [2.75, 3.05) is 26.2 Å². The highest BCUT2D eigenvalue weighted by molar-refractivity contribution is 7.92.